The van der Waals surface area contributed by atoms with E-state index >= 15 is 0 Å². The van der Waals surface area contributed by atoms with E-state index in [0.717, 1.165) is 46.4 Å². The van der Waals surface area contributed by atoms with Gasteiger partial charge in [-0.25, -0.2) is 4.98 Å². The quantitative estimate of drug-likeness (QED) is 0.331. The largest absolute Gasteiger partial charge is 0.486 e. The maximum absolute atomic E-state index is 13.7. The summed E-state index contributed by atoms with van der Waals surface area (Å²) in [6.45, 7) is 8.59. The van der Waals surface area contributed by atoms with Gasteiger partial charge < -0.3 is 14.4 Å². The number of halogens is 1. The Morgan fingerprint density at radius 2 is 1.65 bits per heavy atom. The molecule has 0 spiro atoms. The number of likely N-dealkylation sites (N-methyl/N-ethyl adjacent to an activating group) is 1. The molecular formula is C26H28ClN3O3S. The lowest BCUT2D eigenvalue weighted by atomic mass is 10.1. The van der Waals surface area contributed by atoms with Crippen LogP contribution in [0.3, 0.4) is 0 Å². The zero-order valence-corrected chi connectivity index (χ0v) is 21.0. The van der Waals surface area contributed by atoms with Crippen LogP contribution in [0.5, 0.6) is 11.5 Å². The normalized spacial score (nSPS) is 12.7. The lowest BCUT2D eigenvalue weighted by Crippen LogP contribution is -2.38. The molecule has 6 nitrogen and oxygen atoms in total. The van der Waals surface area contributed by atoms with Crippen molar-refractivity contribution in [3.8, 4) is 11.5 Å². The van der Waals surface area contributed by atoms with Crippen LogP contribution in [0.15, 0.2) is 54.6 Å². The van der Waals surface area contributed by atoms with Crippen LogP contribution in [0.1, 0.15) is 24.2 Å². The lowest BCUT2D eigenvalue weighted by Gasteiger charge is -2.24. The number of fused-ring (bicyclic) bond motifs is 3. The highest BCUT2D eigenvalue weighted by Gasteiger charge is 2.23. The Hall–Kier alpha value is -2.87. The minimum atomic E-state index is -0.0378. The van der Waals surface area contributed by atoms with Gasteiger partial charge in [-0.15, -0.1) is 12.4 Å². The highest BCUT2D eigenvalue weighted by Crippen LogP contribution is 2.39. The van der Waals surface area contributed by atoms with E-state index in [-0.39, 0.29) is 18.3 Å². The van der Waals surface area contributed by atoms with E-state index in [2.05, 4.69) is 24.8 Å². The van der Waals surface area contributed by atoms with Gasteiger partial charge in [0.15, 0.2) is 16.6 Å². The second-order valence-corrected chi connectivity index (χ2v) is 9.01. The van der Waals surface area contributed by atoms with Gasteiger partial charge >= 0.3 is 0 Å². The maximum atomic E-state index is 13.7. The molecule has 1 aromatic heterocycles. The van der Waals surface area contributed by atoms with Crippen molar-refractivity contribution in [2.75, 3.05) is 44.3 Å². The molecule has 1 aliphatic rings. The van der Waals surface area contributed by atoms with Crippen LogP contribution >= 0.6 is 23.7 Å². The molecule has 0 aliphatic carbocycles. The Bertz CT molecular complexity index is 1260. The number of hydrogen-bond donors (Lipinski definition) is 0. The van der Waals surface area contributed by atoms with Gasteiger partial charge in [0.2, 0.25) is 0 Å². The first kappa shape index (κ1) is 24.3. The molecule has 0 atom stereocenters. The van der Waals surface area contributed by atoms with Crippen molar-refractivity contribution in [1.82, 2.24) is 9.88 Å². The average Bonchev–Trinajstić information content (AvgIpc) is 3.27. The molecule has 5 rings (SSSR count). The summed E-state index contributed by atoms with van der Waals surface area (Å²) < 4.78 is 12.4. The van der Waals surface area contributed by atoms with E-state index in [1.807, 2.05) is 53.4 Å². The summed E-state index contributed by atoms with van der Waals surface area (Å²) in [5, 5.41) is 2.87. The third-order valence-electron chi connectivity index (χ3n) is 6.05. The van der Waals surface area contributed by atoms with Gasteiger partial charge in [0, 0.05) is 30.8 Å². The Labute approximate surface area is 209 Å². The summed E-state index contributed by atoms with van der Waals surface area (Å²) in [6, 6.07) is 17.9. The minimum Gasteiger partial charge on any atom is -0.486 e. The zero-order valence-electron chi connectivity index (χ0n) is 19.3. The van der Waals surface area contributed by atoms with Crippen molar-refractivity contribution in [3.05, 3.63) is 60.2 Å². The van der Waals surface area contributed by atoms with Crippen molar-refractivity contribution in [1.29, 1.82) is 0 Å². The van der Waals surface area contributed by atoms with Gasteiger partial charge in [0.25, 0.3) is 5.91 Å². The maximum Gasteiger partial charge on any atom is 0.260 e. The monoisotopic (exact) mass is 497 g/mol. The molecule has 34 heavy (non-hydrogen) atoms. The molecule has 4 aromatic rings. The minimum absolute atomic E-state index is 0. The van der Waals surface area contributed by atoms with Gasteiger partial charge in [-0.2, -0.15) is 0 Å². The summed E-state index contributed by atoms with van der Waals surface area (Å²) >= 11 is 1.51. The van der Waals surface area contributed by atoms with Crippen LogP contribution in [-0.2, 0) is 0 Å². The number of hydrogen-bond acceptors (Lipinski definition) is 6. The molecule has 0 fully saturated rings. The highest BCUT2D eigenvalue weighted by molar-refractivity contribution is 7.22. The third kappa shape index (κ3) is 4.82. The predicted octanol–water partition coefficient (Wildman–Crippen LogP) is 5.63. The summed E-state index contributed by atoms with van der Waals surface area (Å²) in [5.41, 5.74) is 1.48. The summed E-state index contributed by atoms with van der Waals surface area (Å²) in [7, 11) is 0. The van der Waals surface area contributed by atoms with Gasteiger partial charge in [-0.3, -0.25) is 9.69 Å². The SMILES string of the molecule is CCN(CC)CCN(C(=O)c1ccc2ccccc2c1)c1nc2cc3c(cc2s1)OCCO3.Cl. The number of rotatable bonds is 7. The standard InChI is InChI=1S/C26H27N3O3S.ClH/c1-3-28(4-2)11-12-29(25(30)20-10-9-18-7-5-6-8-19(18)15-20)26-27-21-16-22-23(17-24(21)33-26)32-14-13-31-22;/h5-10,15-17H,3-4,11-14H2,1-2H3;1H. The molecule has 8 heteroatoms. The van der Waals surface area contributed by atoms with E-state index in [1.54, 1.807) is 0 Å². The van der Waals surface area contributed by atoms with Gasteiger partial charge in [0.05, 0.1) is 10.2 Å². The molecule has 2 heterocycles. The molecule has 0 radical (unpaired) electrons. The van der Waals surface area contributed by atoms with Crippen LogP contribution < -0.4 is 14.4 Å². The van der Waals surface area contributed by atoms with E-state index in [4.69, 9.17) is 14.5 Å². The summed E-state index contributed by atoms with van der Waals surface area (Å²) in [5.74, 6) is 1.41. The number of amides is 1. The molecule has 0 N–H and O–H groups in total. The number of benzene rings is 3. The van der Waals surface area contributed by atoms with Crippen LogP contribution in [0.2, 0.25) is 0 Å². The second kappa shape index (κ2) is 10.6. The van der Waals surface area contributed by atoms with Gasteiger partial charge in [0.1, 0.15) is 13.2 Å². The van der Waals surface area contributed by atoms with E-state index in [1.165, 1.54) is 11.3 Å². The zero-order chi connectivity index (χ0) is 22.8. The molecule has 0 bridgehead atoms. The van der Waals surface area contributed by atoms with Crippen LogP contribution in [0.25, 0.3) is 21.0 Å². The molecule has 3 aromatic carbocycles. The fourth-order valence-electron chi connectivity index (χ4n) is 4.11. The van der Waals surface area contributed by atoms with Crippen molar-refractivity contribution in [3.63, 3.8) is 0 Å². The highest BCUT2D eigenvalue weighted by atomic mass is 35.5. The number of anilines is 1. The fourth-order valence-corrected chi connectivity index (χ4v) is 5.11. The molecule has 1 amide bonds. The first-order chi connectivity index (χ1) is 16.2. The molecule has 0 saturated heterocycles. The predicted molar refractivity (Wildman–Crippen MR) is 141 cm³/mol. The van der Waals surface area contributed by atoms with Crippen LogP contribution in [-0.4, -0.2) is 55.2 Å². The number of aromatic nitrogens is 1. The summed E-state index contributed by atoms with van der Waals surface area (Å²) in [4.78, 5) is 22.7. The van der Waals surface area contributed by atoms with Crippen LogP contribution in [0.4, 0.5) is 5.13 Å². The third-order valence-corrected chi connectivity index (χ3v) is 7.09. The molecule has 0 saturated carbocycles. The molecule has 178 valence electrons. The Morgan fingerprint density at radius 3 is 2.38 bits per heavy atom. The summed E-state index contributed by atoms with van der Waals surface area (Å²) in [6.07, 6.45) is 0. The molecule has 0 unspecified atom stereocenters. The average molecular weight is 498 g/mol. The first-order valence-electron chi connectivity index (χ1n) is 11.4. The van der Waals surface area contributed by atoms with E-state index in [0.29, 0.717) is 36.2 Å². The smallest absolute Gasteiger partial charge is 0.260 e. The Balaban J connectivity index is 0.00000274. The second-order valence-electron chi connectivity index (χ2n) is 8.01. The van der Waals surface area contributed by atoms with Crippen LogP contribution in [0, 0.1) is 0 Å². The van der Waals surface area contributed by atoms with Crippen molar-refractivity contribution < 1.29 is 14.3 Å². The van der Waals surface area contributed by atoms with Gasteiger partial charge in [-0.05, 0) is 36.0 Å². The van der Waals surface area contributed by atoms with E-state index < -0.39 is 0 Å². The number of ether oxygens (including phenoxy) is 2. The number of carbonyl (C=O) groups is 1. The van der Waals surface area contributed by atoms with Gasteiger partial charge in [-0.1, -0.05) is 55.5 Å². The van der Waals surface area contributed by atoms with E-state index in [9.17, 15) is 4.79 Å². The molecular weight excluding hydrogens is 470 g/mol. The Kier molecular flexibility index (Phi) is 7.56. The number of nitrogens with zero attached hydrogens (tertiary/aromatic N) is 3. The van der Waals surface area contributed by atoms with Crippen molar-refractivity contribution in [2.24, 2.45) is 0 Å². The fraction of sp³-hybridized carbons (Fsp3) is 0.308. The first-order valence-corrected chi connectivity index (χ1v) is 12.2. The number of carbonyl (C=O) groups excluding carboxylic acids is 1. The Morgan fingerprint density at radius 1 is 0.941 bits per heavy atom. The molecule has 1 aliphatic heterocycles. The van der Waals surface area contributed by atoms with Crippen molar-refractivity contribution in [2.45, 2.75) is 13.8 Å². The topological polar surface area (TPSA) is 54.9 Å². The number of thiazole rings is 1. The lowest BCUT2D eigenvalue weighted by molar-refractivity contribution is 0.0984. The van der Waals surface area contributed by atoms with Crippen molar-refractivity contribution >= 4 is 55.8 Å².